The molecule has 284 valence electrons. The predicted octanol–water partition coefficient (Wildman–Crippen LogP) is 0.989. The molecule has 9 N–H and O–H groups in total. The fourth-order valence-electron chi connectivity index (χ4n) is 4.72. The van der Waals surface area contributed by atoms with Crippen LogP contribution in [0.5, 0.6) is 0 Å². The molecule has 0 aliphatic carbocycles. The largest absolute Gasteiger partial charge is 0.490 e. The van der Waals surface area contributed by atoms with Gasteiger partial charge in [0, 0.05) is 26.1 Å². The van der Waals surface area contributed by atoms with Crippen LogP contribution >= 0.6 is 46.1 Å². The van der Waals surface area contributed by atoms with E-state index in [0.717, 1.165) is 44.9 Å². The van der Waals surface area contributed by atoms with E-state index >= 15 is 0 Å². The maximum Gasteiger partial charge on any atom is 0.490 e. The van der Waals surface area contributed by atoms with Gasteiger partial charge in [-0.1, -0.05) is 41.9 Å². The lowest BCUT2D eigenvalue weighted by molar-refractivity contribution is -0.121. The minimum Gasteiger partial charge on any atom is -0.387 e. The van der Waals surface area contributed by atoms with Gasteiger partial charge in [-0.15, -0.1) is 0 Å². The Labute approximate surface area is 299 Å². The fraction of sp³-hybridized carbons (Fsp3) is 0.708. The van der Waals surface area contributed by atoms with Crippen LogP contribution in [0.3, 0.4) is 0 Å². The molecule has 26 heteroatoms. The average molecular weight is 887 g/mol. The zero-order valence-electron chi connectivity index (χ0n) is 26.5. The Balaban J connectivity index is 1.39. The molecular weight excluding hydrogens is 846 g/mol. The first kappa shape index (κ1) is 42.7. The summed E-state index contributed by atoms with van der Waals surface area (Å²) in [6.07, 6.45) is 2.74. The highest BCUT2D eigenvalue weighted by Gasteiger charge is 2.47. The van der Waals surface area contributed by atoms with Crippen molar-refractivity contribution in [1.29, 1.82) is 0 Å². The second kappa shape index (κ2) is 20.0. The van der Waals surface area contributed by atoms with Gasteiger partial charge < -0.3 is 50.5 Å². The second-order valence-corrected chi connectivity index (χ2v) is 16.1. The van der Waals surface area contributed by atoms with Crippen LogP contribution in [-0.2, 0) is 41.2 Å². The van der Waals surface area contributed by atoms with E-state index < -0.39 is 54.6 Å². The monoisotopic (exact) mass is 887 g/mol. The van der Waals surface area contributed by atoms with Gasteiger partial charge >= 0.3 is 23.5 Å². The maximum atomic E-state index is 12.0. The number of nitrogens with zero attached hydrogens (tertiary/aromatic N) is 4. The van der Waals surface area contributed by atoms with E-state index in [1.807, 2.05) is 22.6 Å². The lowest BCUT2D eigenvalue weighted by Gasteiger charge is -2.19. The Bertz CT molecular complexity index is 1570. The van der Waals surface area contributed by atoms with Crippen LogP contribution in [0.25, 0.3) is 11.2 Å². The van der Waals surface area contributed by atoms with E-state index in [2.05, 4.69) is 44.0 Å². The lowest BCUT2D eigenvalue weighted by atomic mass is 10.1. The van der Waals surface area contributed by atoms with Crippen molar-refractivity contribution < 1.29 is 71.0 Å². The Hall–Kier alpha value is -1.69. The molecule has 0 radical (unpaired) electrons. The Morgan fingerprint density at radius 1 is 0.840 bits per heavy atom. The van der Waals surface area contributed by atoms with E-state index in [9.17, 15) is 43.3 Å². The van der Waals surface area contributed by atoms with Crippen LogP contribution in [0, 0.1) is 0 Å². The molecule has 0 bridgehead atoms. The number of amides is 2. The van der Waals surface area contributed by atoms with Crippen LogP contribution in [0.4, 0.5) is 5.82 Å². The summed E-state index contributed by atoms with van der Waals surface area (Å²) < 4.78 is 53.5. The number of rotatable bonds is 23. The number of aromatic nitrogens is 4. The molecule has 1 saturated heterocycles. The molecule has 1 fully saturated rings. The van der Waals surface area contributed by atoms with Gasteiger partial charge in [-0.2, -0.15) is 8.62 Å². The van der Waals surface area contributed by atoms with Crippen molar-refractivity contribution in [2.45, 2.75) is 75.9 Å². The molecule has 50 heavy (non-hydrogen) atoms. The van der Waals surface area contributed by atoms with Gasteiger partial charge in [0.25, 0.3) is 0 Å². The van der Waals surface area contributed by atoms with E-state index in [0.29, 0.717) is 41.8 Å². The van der Waals surface area contributed by atoms with Crippen molar-refractivity contribution in [3.05, 3.63) is 12.7 Å². The molecule has 0 aromatic carbocycles. The summed E-state index contributed by atoms with van der Waals surface area (Å²) in [5.41, 5.74) is 0.536. The number of alkyl halides is 1. The number of phosphoric acid groups is 3. The number of aliphatic hydroxyl groups excluding tert-OH is 2. The Kier molecular flexibility index (Phi) is 17.0. The predicted molar refractivity (Wildman–Crippen MR) is 181 cm³/mol. The first-order valence-electron chi connectivity index (χ1n) is 15.3. The number of imidazole rings is 1. The van der Waals surface area contributed by atoms with Gasteiger partial charge in [-0.3, -0.25) is 18.7 Å². The topological polar surface area (TPSA) is 323 Å². The van der Waals surface area contributed by atoms with Crippen molar-refractivity contribution >= 4 is 74.9 Å². The molecule has 2 amide bonds. The minimum absolute atomic E-state index is 0.0129. The van der Waals surface area contributed by atoms with Crippen LogP contribution in [0.2, 0.25) is 0 Å². The first-order chi connectivity index (χ1) is 23.5. The summed E-state index contributed by atoms with van der Waals surface area (Å²) in [6, 6.07) is 0. The third-order valence-electron chi connectivity index (χ3n) is 7.03. The molecule has 3 heterocycles. The van der Waals surface area contributed by atoms with Crippen molar-refractivity contribution in [2.24, 2.45) is 0 Å². The van der Waals surface area contributed by atoms with E-state index in [1.165, 1.54) is 17.2 Å². The van der Waals surface area contributed by atoms with Crippen molar-refractivity contribution in [2.75, 3.05) is 36.0 Å². The van der Waals surface area contributed by atoms with E-state index in [1.54, 1.807) is 0 Å². The Morgan fingerprint density at radius 2 is 1.48 bits per heavy atom. The van der Waals surface area contributed by atoms with Gasteiger partial charge in [0.05, 0.1) is 17.4 Å². The number of aliphatic hydroxyl groups is 2. The minimum atomic E-state index is -5.75. The summed E-state index contributed by atoms with van der Waals surface area (Å²) in [4.78, 5) is 72.1. The van der Waals surface area contributed by atoms with E-state index in [-0.39, 0.29) is 17.5 Å². The highest BCUT2D eigenvalue weighted by Crippen LogP contribution is 2.66. The molecular formula is C24H41IN7O15P3. The summed E-state index contributed by atoms with van der Waals surface area (Å²) in [6.45, 7) is 0.788. The number of hydrogen-bond acceptors (Lipinski definition) is 15. The third-order valence-corrected chi connectivity index (χ3v) is 11.5. The molecule has 0 saturated carbocycles. The molecule has 2 aromatic rings. The third kappa shape index (κ3) is 14.4. The highest BCUT2D eigenvalue weighted by atomic mass is 127. The number of ether oxygens (including phenoxy) is 1. The zero-order valence-corrected chi connectivity index (χ0v) is 31.4. The lowest BCUT2D eigenvalue weighted by Crippen LogP contribution is -2.33. The standard InChI is InChI=1S/C24H41IN7O15P3/c25-12-18(34)27-10-7-3-4-8-17(33)26-9-5-1-2-6-11-28-22-19-23(30-14-29-22)32(15-31-19)24-21(36)20(35)16(45-24)13-44-49(40,41)47-50(42,43)46-48(37,38)39/h14-16,20-21,24,35-36H,1-13H2,(H,26,33)(H,27,34)(H,40,41)(H,42,43)(H,28,29,30)(H2,37,38,39). The summed E-state index contributed by atoms with van der Waals surface area (Å²) in [7, 11) is -16.8. The van der Waals surface area contributed by atoms with E-state index in [4.69, 9.17) is 14.5 Å². The van der Waals surface area contributed by atoms with Crippen molar-refractivity contribution in [1.82, 2.24) is 30.2 Å². The average Bonchev–Trinajstić information content (AvgIpc) is 3.57. The van der Waals surface area contributed by atoms with Crippen LogP contribution < -0.4 is 16.0 Å². The van der Waals surface area contributed by atoms with Gasteiger partial charge in [-0.05, 0) is 25.7 Å². The molecule has 6 atom stereocenters. The number of nitrogens with one attached hydrogen (secondary N) is 3. The van der Waals surface area contributed by atoms with Gasteiger partial charge in [0.1, 0.15) is 24.6 Å². The molecule has 6 unspecified atom stereocenters. The molecule has 22 nitrogen and oxygen atoms in total. The number of anilines is 1. The smallest absolute Gasteiger partial charge is 0.387 e. The SMILES string of the molecule is O=C(CI)NCCCCCC(=O)NCCCCCCNc1ncnc2c1ncn2C1OC(COP(=O)(O)OP(=O)(O)OP(=O)(O)O)C(O)C1O. The van der Waals surface area contributed by atoms with Crippen LogP contribution in [0.15, 0.2) is 12.7 Å². The number of halogens is 1. The summed E-state index contributed by atoms with van der Waals surface area (Å²) in [5, 5.41) is 30.0. The molecule has 1 aliphatic rings. The number of unbranched alkanes of at least 4 members (excludes halogenated alkanes) is 5. The highest BCUT2D eigenvalue weighted by molar-refractivity contribution is 14.1. The maximum absolute atomic E-state index is 12.0. The number of fused-ring (bicyclic) bond motifs is 1. The fourth-order valence-corrected chi connectivity index (χ4v) is 8.02. The van der Waals surface area contributed by atoms with Gasteiger partial charge in [0.15, 0.2) is 23.2 Å². The summed E-state index contributed by atoms with van der Waals surface area (Å²) in [5.74, 6) is 0.420. The molecule has 2 aromatic heterocycles. The number of phosphoric ester groups is 1. The van der Waals surface area contributed by atoms with Crippen LogP contribution in [0.1, 0.15) is 57.6 Å². The Morgan fingerprint density at radius 3 is 2.14 bits per heavy atom. The molecule has 3 rings (SSSR count). The van der Waals surface area contributed by atoms with Crippen molar-refractivity contribution in [3.8, 4) is 0 Å². The normalized spacial score (nSPS) is 21.8. The number of carbonyl (C=O) groups excluding carboxylic acids is 2. The number of hydrogen-bond donors (Lipinski definition) is 9. The zero-order chi connectivity index (χ0) is 37.0. The molecule has 1 aliphatic heterocycles. The first-order valence-corrected chi connectivity index (χ1v) is 21.4. The van der Waals surface area contributed by atoms with Crippen molar-refractivity contribution in [3.63, 3.8) is 0 Å². The number of carbonyl (C=O) groups is 2. The summed E-state index contributed by atoms with van der Waals surface area (Å²) >= 11 is 2.01. The van der Waals surface area contributed by atoms with Crippen LogP contribution in [-0.4, -0.2) is 110 Å². The second-order valence-electron chi connectivity index (χ2n) is 11.0. The van der Waals surface area contributed by atoms with Gasteiger partial charge in [0.2, 0.25) is 11.8 Å². The van der Waals surface area contributed by atoms with Gasteiger partial charge in [-0.25, -0.2) is 28.6 Å². The molecule has 0 spiro atoms. The quantitative estimate of drug-likeness (QED) is 0.0325.